The van der Waals surface area contributed by atoms with Crippen LogP contribution in [-0.2, 0) is 16.0 Å². The lowest BCUT2D eigenvalue weighted by Gasteiger charge is -2.33. The van der Waals surface area contributed by atoms with Crippen molar-refractivity contribution in [3.8, 4) is 0 Å². The molecule has 0 spiro atoms. The Labute approximate surface area is 169 Å². The minimum Gasteiger partial charge on any atom is -0.382 e. The molecule has 2 heterocycles. The summed E-state index contributed by atoms with van der Waals surface area (Å²) in [6, 6.07) is 4.19. The second-order valence-corrected chi connectivity index (χ2v) is 6.89. The van der Waals surface area contributed by atoms with Gasteiger partial charge in [0.15, 0.2) is 5.96 Å². The molecule has 0 unspecified atom stereocenters. The summed E-state index contributed by atoms with van der Waals surface area (Å²) in [5.74, 6) is 1.88. The van der Waals surface area contributed by atoms with Crippen molar-refractivity contribution in [1.29, 1.82) is 0 Å². The Balaban J connectivity index is 1.80. The van der Waals surface area contributed by atoms with Crippen molar-refractivity contribution in [3.05, 3.63) is 23.9 Å². The highest BCUT2D eigenvalue weighted by molar-refractivity contribution is 5.79. The molecule has 1 aliphatic rings. The number of pyridine rings is 1. The number of aliphatic imine (C=N–C) groups is 1. The van der Waals surface area contributed by atoms with E-state index in [1.165, 1.54) is 5.56 Å². The summed E-state index contributed by atoms with van der Waals surface area (Å²) < 4.78 is 10.4. The van der Waals surface area contributed by atoms with E-state index in [4.69, 9.17) is 14.5 Å². The Kier molecular flexibility index (Phi) is 10.6. The van der Waals surface area contributed by atoms with E-state index in [-0.39, 0.29) is 0 Å². The summed E-state index contributed by atoms with van der Waals surface area (Å²) in [6.07, 6.45) is 2.81. The minimum absolute atomic E-state index is 0.628. The number of aromatic nitrogens is 1. The summed E-state index contributed by atoms with van der Waals surface area (Å²) in [6.45, 7) is 10.5. The van der Waals surface area contributed by atoms with E-state index in [0.29, 0.717) is 26.4 Å². The van der Waals surface area contributed by atoms with Gasteiger partial charge in [-0.25, -0.2) is 9.98 Å². The summed E-state index contributed by atoms with van der Waals surface area (Å²) in [4.78, 5) is 14.0. The smallest absolute Gasteiger partial charge is 0.191 e. The quantitative estimate of drug-likeness (QED) is 0.330. The van der Waals surface area contributed by atoms with Crippen molar-refractivity contribution in [2.75, 3.05) is 78.1 Å². The van der Waals surface area contributed by atoms with Crippen LogP contribution in [0.1, 0.15) is 18.9 Å². The maximum absolute atomic E-state index is 5.48. The predicted octanol–water partition coefficient (Wildman–Crippen LogP) is 0.942. The summed E-state index contributed by atoms with van der Waals surface area (Å²) >= 11 is 0. The Hall–Kier alpha value is -1.90. The van der Waals surface area contributed by atoms with Gasteiger partial charge in [-0.05, 0) is 38.1 Å². The number of nitrogens with one attached hydrogen (secondary N) is 2. The van der Waals surface area contributed by atoms with E-state index in [0.717, 1.165) is 57.5 Å². The Morgan fingerprint density at radius 3 is 2.75 bits per heavy atom. The molecule has 0 amide bonds. The second-order valence-electron chi connectivity index (χ2n) is 6.89. The topological polar surface area (TPSA) is 74.3 Å². The van der Waals surface area contributed by atoms with E-state index < -0.39 is 0 Å². The largest absolute Gasteiger partial charge is 0.382 e. The Morgan fingerprint density at radius 1 is 1.18 bits per heavy atom. The van der Waals surface area contributed by atoms with E-state index >= 15 is 0 Å². The van der Waals surface area contributed by atoms with Gasteiger partial charge in [0.25, 0.3) is 0 Å². The molecule has 1 saturated heterocycles. The third kappa shape index (κ3) is 8.41. The Bertz CT molecular complexity index is 576. The van der Waals surface area contributed by atoms with Crippen LogP contribution in [0.4, 0.5) is 5.82 Å². The molecule has 1 aliphatic heterocycles. The molecule has 28 heavy (non-hydrogen) atoms. The normalized spacial score (nSPS) is 15.7. The first kappa shape index (κ1) is 22.4. The maximum atomic E-state index is 5.48. The molecule has 0 radical (unpaired) electrons. The molecule has 0 saturated carbocycles. The van der Waals surface area contributed by atoms with Crippen LogP contribution in [0.25, 0.3) is 0 Å². The predicted molar refractivity (Wildman–Crippen MR) is 114 cm³/mol. The lowest BCUT2D eigenvalue weighted by atomic mass is 10.2. The van der Waals surface area contributed by atoms with Crippen molar-refractivity contribution in [1.82, 2.24) is 20.5 Å². The lowest BCUT2D eigenvalue weighted by molar-refractivity contribution is 0.0698. The van der Waals surface area contributed by atoms with Crippen molar-refractivity contribution in [3.63, 3.8) is 0 Å². The first-order valence-electron chi connectivity index (χ1n) is 10.2. The van der Waals surface area contributed by atoms with Crippen LogP contribution in [0.15, 0.2) is 23.3 Å². The first-order valence-corrected chi connectivity index (χ1v) is 10.2. The third-order valence-electron chi connectivity index (χ3n) is 4.59. The van der Waals surface area contributed by atoms with Gasteiger partial charge in [0.2, 0.25) is 0 Å². The molecule has 1 fully saturated rings. The molecular weight excluding hydrogens is 356 g/mol. The van der Waals surface area contributed by atoms with Gasteiger partial charge in [-0.1, -0.05) is 0 Å². The number of rotatable bonds is 11. The molecule has 2 rings (SSSR count). The fourth-order valence-electron chi connectivity index (χ4n) is 2.90. The molecule has 0 aliphatic carbocycles. The van der Waals surface area contributed by atoms with Gasteiger partial charge in [-0.3, -0.25) is 0 Å². The highest BCUT2D eigenvalue weighted by Crippen LogP contribution is 2.15. The number of methoxy groups -OCH3 is 1. The van der Waals surface area contributed by atoms with Crippen molar-refractivity contribution >= 4 is 11.8 Å². The van der Waals surface area contributed by atoms with Crippen LogP contribution in [-0.4, -0.2) is 89.1 Å². The average Bonchev–Trinajstić information content (AvgIpc) is 2.72. The first-order chi connectivity index (χ1) is 13.7. The third-order valence-corrected chi connectivity index (χ3v) is 4.59. The van der Waals surface area contributed by atoms with Crippen LogP contribution in [0.3, 0.4) is 0 Å². The van der Waals surface area contributed by atoms with Crippen LogP contribution in [0.2, 0.25) is 0 Å². The molecule has 158 valence electrons. The van der Waals surface area contributed by atoms with Gasteiger partial charge in [0.05, 0.1) is 19.8 Å². The molecular formula is C20H36N6O2. The van der Waals surface area contributed by atoms with Gasteiger partial charge in [0, 0.05) is 59.2 Å². The van der Waals surface area contributed by atoms with Gasteiger partial charge in [-0.2, -0.15) is 0 Å². The highest BCUT2D eigenvalue weighted by Gasteiger charge is 2.15. The zero-order valence-corrected chi connectivity index (χ0v) is 17.6. The number of hydrogen-bond acceptors (Lipinski definition) is 6. The molecule has 0 aromatic carbocycles. The van der Waals surface area contributed by atoms with Crippen molar-refractivity contribution in [2.45, 2.75) is 19.9 Å². The SMILES string of the molecule is CCNC(=NCc1ccnc(N2CCN(C)CC2)c1)NCCCOCCOC. The minimum atomic E-state index is 0.628. The van der Waals surface area contributed by atoms with Crippen LogP contribution in [0, 0.1) is 0 Å². The number of hydrogen-bond donors (Lipinski definition) is 2. The molecule has 1 aromatic rings. The van der Waals surface area contributed by atoms with Crippen molar-refractivity contribution < 1.29 is 9.47 Å². The lowest BCUT2D eigenvalue weighted by Crippen LogP contribution is -2.44. The van der Waals surface area contributed by atoms with Crippen molar-refractivity contribution in [2.24, 2.45) is 4.99 Å². The van der Waals surface area contributed by atoms with Gasteiger partial charge in [-0.15, -0.1) is 0 Å². The van der Waals surface area contributed by atoms with E-state index in [1.807, 2.05) is 12.3 Å². The average molecular weight is 393 g/mol. The number of likely N-dealkylation sites (N-methyl/N-ethyl adjacent to an activating group) is 1. The van der Waals surface area contributed by atoms with Crippen LogP contribution >= 0.6 is 0 Å². The van der Waals surface area contributed by atoms with Gasteiger partial charge < -0.3 is 29.9 Å². The van der Waals surface area contributed by atoms with Gasteiger partial charge >= 0.3 is 0 Å². The molecule has 8 heteroatoms. The summed E-state index contributed by atoms with van der Waals surface area (Å²) in [5.41, 5.74) is 1.17. The molecule has 1 aromatic heterocycles. The standard InChI is InChI=1S/C20H36N6O2/c1-4-21-20(23-7-5-13-28-15-14-27-3)24-17-18-6-8-22-19(16-18)26-11-9-25(2)10-12-26/h6,8,16H,4-5,7,9-15,17H2,1-3H3,(H2,21,23,24). The summed E-state index contributed by atoms with van der Waals surface area (Å²) in [7, 11) is 3.85. The number of guanidine groups is 1. The van der Waals surface area contributed by atoms with Crippen LogP contribution < -0.4 is 15.5 Å². The second kappa shape index (κ2) is 13.3. The highest BCUT2D eigenvalue weighted by atomic mass is 16.5. The fourth-order valence-corrected chi connectivity index (χ4v) is 2.90. The number of nitrogens with zero attached hydrogens (tertiary/aromatic N) is 4. The molecule has 0 atom stereocenters. The monoisotopic (exact) mass is 392 g/mol. The number of ether oxygens (including phenoxy) is 2. The van der Waals surface area contributed by atoms with E-state index in [2.05, 4.69) is 45.5 Å². The van der Waals surface area contributed by atoms with E-state index in [9.17, 15) is 0 Å². The number of anilines is 1. The fraction of sp³-hybridized carbons (Fsp3) is 0.700. The van der Waals surface area contributed by atoms with Crippen LogP contribution in [0.5, 0.6) is 0 Å². The maximum Gasteiger partial charge on any atom is 0.191 e. The van der Waals surface area contributed by atoms with Gasteiger partial charge in [0.1, 0.15) is 5.82 Å². The molecule has 2 N–H and O–H groups in total. The zero-order valence-electron chi connectivity index (χ0n) is 17.6. The molecule has 0 bridgehead atoms. The number of piperazine rings is 1. The van der Waals surface area contributed by atoms with E-state index in [1.54, 1.807) is 7.11 Å². The molecule has 8 nitrogen and oxygen atoms in total. The Morgan fingerprint density at radius 2 is 2.00 bits per heavy atom. The summed E-state index contributed by atoms with van der Waals surface area (Å²) in [5, 5.41) is 6.65. The zero-order chi connectivity index (χ0) is 20.0.